The number of rotatable bonds is 9. The van der Waals surface area contributed by atoms with Crippen LogP contribution in [0, 0.1) is 0 Å². The van der Waals surface area contributed by atoms with Crippen LogP contribution in [0.2, 0.25) is 0 Å². The van der Waals surface area contributed by atoms with Gasteiger partial charge in [-0.3, -0.25) is 4.79 Å². The molecule has 228 valence electrons. The maximum Gasteiger partial charge on any atom is 0.188 e. The molecule has 0 bridgehead atoms. The minimum absolute atomic E-state index is 0.120. The van der Waals surface area contributed by atoms with Crippen LogP contribution in [0.4, 0.5) is 0 Å². The number of hydrogen-bond acceptors (Lipinski definition) is 15. The fourth-order valence-electron chi connectivity index (χ4n) is 5.00. The summed E-state index contributed by atoms with van der Waals surface area (Å²) in [7, 11) is 1.39. The highest BCUT2D eigenvalue weighted by molar-refractivity contribution is 5.76. The van der Waals surface area contributed by atoms with Gasteiger partial charge >= 0.3 is 0 Å². The standard InChI is InChI=1S/C21H37N7O12/c1-5-21(36,4-30)16(40-17-9(26-2)13(34)10(31)6(3-29)38-17)18(37-5)39-15-8(28-20(24)25)11(32)7(27-19(22)23)12(33)14(15)35/h3-18,26,31-36H,1-2H3,(H4,22,23,27)(H4,24,25,28)/t5-,6-,7+,8-,9-,10-,11+,12-,13-,14+,15+,16-,17-,18-,21+/m0/s1. The third-order valence-corrected chi connectivity index (χ3v) is 7.23. The van der Waals surface area contributed by atoms with Gasteiger partial charge in [0.1, 0.15) is 60.9 Å². The van der Waals surface area contributed by atoms with Crippen LogP contribution >= 0.6 is 0 Å². The summed E-state index contributed by atoms with van der Waals surface area (Å²) in [6, 6.07) is -4.15. The Hall–Kier alpha value is -2.56. The van der Waals surface area contributed by atoms with Crippen molar-refractivity contribution in [3.63, 3.8) is 0 Å². The number of carbonyl (C=O) groups is 2. The van der Waals surface area contributed by atoms with Gasteiger partial charge in [-0.2, -0.15) is 0 Å². The van der Waals surface area contributed by atoms with E-state index in [2.05, 4.69) is 15.3 Å². The van der Waals surface area contributed by atoms with E-state index in [1.54, 1.807) is 0 Å². The summed E-state index contributed by atoms with van der Waals surface area (Å²) < 4.78 is 22.7. The predicted octanol–water partition coefficient (Wildman–Crippen LogP) is -7.95. The summed E-state index contributed by atoms with van der Waals surface area (Å²) >= 11 is 0. The number of aliphatic hydroxyl groups is 6. The van der Waals surface area contributed by atoms with Gasteiger partial charge in [-0.1, -0.05) is 0 Å². The van der Waals surface area contributed by atoms with E-state index in [1.165, 1.54) is 14.0 Å². The molecule has 19 heteroatoms. The van der Waals surface area contributed by atoms with Crippen LogP contribution in [0.1, 0.15) is 6.92 Å². The lowest BCUT2D eigenvalue weighted by atomic mass is 9.81. The predicted molar refractivity (Wildman–Crippen MR) is 132 cm³/mol. The monoisotopic (exact) mass is 579 g/mol. The number of ether oxygens (including phenoxy) is 4. The smallest absolute Gasteiger partial charge is 0.188 e. The highest BCUT2D eigenvalue weighted by Crippen LogP contribution is 2.38. The number of guanidine groups is 2. The van der Waals surface area contributed by atoms with E-state index in [0.717, 1.165) is 0 Å². The number of aliphatic hydroxyl groups excluding tert-OH is 5. The average Bonchev–Trinajstić information content (AvgIpc) is 3.13. The van der Waals surface area contributed by atoms with Crippen molar-refractivity contribution in [1.82, 2.24) is 5.32 Å². The second-order valence-corrected chi connectivity index (χ2v) is 9.77. The minimum atomic E-state index is -2.41. The molecule has 19 nitrogen and oxygen atoms in total. The van der Waals surface area contributed by atoms with Gasteiger partial charge < -0.3 is 82.6 Å². The van der Waals surface area contributed by atoms with Gasteiger partial charge in [0.15, 0.2) is 42.7 Å². The van der Waals surface area contributed by atoms with E-state index < -0.39 is 103 Å². The SMILES string of the molecule is CN[C@@H]1[C@H](O[C@H]2[C@H](O[C@H]3[C@H](O)[C@@H](O)[C@H](N=C(N)N)[C@@H](O)[C@@H]3N=C(N)N)O[C@@H](C)[C@]2(O)C=O)O[C@@H](C=O)[C@H](O)[C@H]1O. The van der Waals surface area contributed by atoms with Crippen LogP contribution < -0.4 is 28.3 Å². The van der Waals surface area contributed by atoms with Gasteiger partial charge in [-0.05, 0) is 14.0 Å². The lowest BCUT2D eigenvalue weighted by Gasteiger charge is -2.45. The molecule has 2 aliphatic heterocycles. The average molecular weight is 580 g/mol. The molecular weight excluding hydrogens is 542 g/mol. The number of nitrogens with one attached hydrogen (secondary N) is 1. The molecular formula is C21H37N7O12. The first-order chi connectivity index (χ1) is 18.7. The highest BCUT2D eigenvalue weighted by atomic mass is 16.8. The number of carbonyl (C=O) groups excluding carboxylic acids is 2. The van der Waals surface area contributed by atoms with Crippen LogP contribution in [0.15, 0.2) is 9.98 Å². The maximum absolute atomic E-state index is 12.1. The summed E-state index contributed by atoms with van der Waals surface area (Å²) in [6.45, 7) is 1.31. The van der Waals surface area contributed by atoms with Crippen molar-refractivity contribution in [2.45, 2.75) is 98.2 Å². The molecule has 0 aromatic rings. The lowest BCUT2D eigenvalue weighted by Crippen LogP contribution is -2.66. The largest absolute Gasteiger partial charge is 0.388 e. The zero-order valence-corrected chi connectivity index (χ0v) is 21.6. The molecule has 0 aromatic carbocycles. The van der Waals surface area contributed by atoms with Crippen LogP contribution in [-0.4, -0.2) is 153 Å². The third kappa shape index (κ3) is 5.90. The van der Waals surface area contributed by atoms with Gasteiger partial charge in [0.25, 0.3) is 0 Å². The first kappa shape index (κ1) is 32.0. The molecule has 0 unspecified atom stereocenters. The van der Waals surface area contributed by atoms with Crippen molar-refractivity contribution < 1.29 is 59.2 Å². The van der Waals surface area contributed by atoms with Crippen LogP contribution in [0.5, 0.6) is 0 Å². The first-order valence-corrected chi connectivity index (χ1v) is 12.2. The third-order valence-electron chi connectivity index (χ3n) is 7.23. The molecule has 0 amide bonds. The second kappa shape index (κ2) is 12.5. The molecule has 0 spiro atoms. The number of nitrogens with zero attached hydrogens (tertiary/aromatic N) is 2. The number of aliphatic imine (C=N–C) groups is 2. The molecule has 2 heterocycles. The molecule has 3 fully saturated rings. The second-order valence-electron chi connectivity index (χ2n) is 9.77. The topological polar surface area (TPSA) is 333 Å². The Morgan fingerprint density at radius 3 is 1.98 bits per heavy atom. The summed E-state index contributed by atoms with van der Waals surface area (Å²) in [5, 5.41) is 66.9. The van der Waals surface area contributed by atoms with E-state index in [4.69, 9.17) is 41.9 Å². The van der Waals surface area contributed by atoms with Gasteiger partial charge in [0.2, 0.25) is 0 Å². The van der Waals surface area contributed by atoms with Gasteiger partial charge in [-0.15, -0.1) is 0 Å². The molecule has 15 N–H and O–H groups in total. The first-order valence-electron chi connectivity index (χ1n) is 12.2. The van der Waals surface area contributed by atoms with Crippen molar-refractivity contribution in [3.8, 4) is 0 Å². The van der Waals surface area contributed by atoms with Crippen molar-refractivity contribution in [3.05, 3.63) is 0 Å². The van der Waals surface area contributed by atoms with Crippen LogP contribution in [0.3, 0.4) is 0 Å². The Balaban J connectivity index is 1.97. The fraction of sp³-hybridized carbons (Fsp3) is 0.810. The van der Waals surface area contributed by atoms with E-state index in [-0.39, 0.29) is 12.6 Å². The number of likely N-dealkylation sites (N-methyl/N-ethyl adjacent to an activating group) is 1. The Morgan fingerprint density at radius 1 is 0.850 bits per heavy atom. The summed E-state index contributed by atoms with van der Waals surface area (Å²) in [6.07, 6.45) is -17.7. The molecule has 0 radical (unpaired) electrons. The number of aldehydes is 2. The van der Waals surface area contributed by atoms with Gasteiger partial charge in [0, 0.05) is 0 Å². The van der Waals surface area contributed by atoms with Gasteiger partial charge in [-0.25, -0.2) is 9.98 Å². The molecule has 15 atom stereocenters. The molecule has 3 rings (SSSR count). The van der Waals surface area contributed by atoms with Crippen molar-refractivity contribution in [2.24, 2.45) is 32.9 Å². The number of nitrogens with two attached hydrogens (primary N) is 4. The Kier molecular flexibility index (Phi) is 10.0. The normalized spacial score (nSPS) is 47.3. The Labute approximate surface area is 227 Å². The number of hydrogen-bond donors (Lipinski definition) is 11. The van der Waals surface area contributed by atoms with E-state index in [0.29, 0.717) is 0 Å². The molecule has 1 saturated carbocycles. The summed E-state index contributed by atoms with van der Waals surface area (Å²) in [5.74, 6) is -1.05. The maximum atomic E-state index is 12.1. The molecule has 0 aromatic heterocycles. The van der Waals surface area contributed by atoms with E-state index in [9.17, 15) is 40.2 Å². The molecule has 40 heavy (non-hydrogen) atoms. The van der Waals surface area contributed by atoms with Gasteiger partial charge in [0.05, 0.1) is 12.1 Å². The lowest BCUT2D eigenvalue weighted by molar-refractivity contribution is -0.305. The van der Waals surface area contributed by atoms with Crippen LogP contribution in [0.25, 0.3) is 0 Å². The Morgan fingerprint density at radius 2 is 1.45 bits per heavy atom. The summed E-state index contributed by atoms with van der Waals surface area (Å²) in [4.78, 5) is 31.1. The van der Waals surface area contributed by atoms with E-state index in [1.807, 2.05) is 0 Å². The zero-order chi connectivity index (χ0) is 30.1. The molecule has 3 aliphatic rings. The van der Waals surface area contributed by atoms with Crippen molar-refractivity contribution in [2.75, 3.05) is 7.05 Å². The zero-order valence-electron chi connectivity index (χ0n) is 21.6. The molecule has 1 aliphatic carbocycles. The summed E-state index contributed by atoms with van der Waals surface area (Å²) in [5.41, 5.74) is 19.3. The molecule has 2 saturated heterocycles. The fourth-order valence-corrected chi connectivity index (χ4v) is 5.00. The van der Waals surface area contributed by atoms with E-state index >= 15 is 0 Å². The highest BCUT2D eigenvalue weighted by Gasteiger charge is 2.60. The van der Waals surface area contributed by atoms with Crippen LogP contribution in [-0.2, 0) is 28.5 Å². The Bertz CT molecular complexity index is 968. The minimum Gasteiger partial charge on any atom is -0.388 e. The van der Waals surface area contributed by atoms with Crippen molar-refractivity contribution >= 4 is 24.5 Å². The van der Waals surface area contributed by atoms with Crippen molar-refractivity contribution in [1.29, 1.82) is 0 Å². The quantitative estimate of drug-likeness (QED) is 0.0686.